The van der Waals surface area contributed by atoms with Gasteiger partial charge in [-0.05, 0) is 24.3 Å². The largest absolute Gasteiger partial charge is 0.490 e. The van der Waals surface area contributed by atoms with Gasteiger partial charge in [-0.1, -0.05) is 0 Å². The van der Waals surface area contributed by atoms with Crippen LogP contribution < -0.4 is 10.1 Å². The molecule has 1 rings (SSSR count). The SMILES string of the molecule is CC(=O)Nc1ccc(OCCOC(C)=O)cc1. The molecule has 92 valence electrons. The van der Waals surface area contributed by atoms with Gasteiger partial charge in [0.25, 0.3) is 0 Å². The summed E-state index contributed by atoms with van der Waals surface area (Å²) in [5.41, 5.74) is 0.713. The van der Waals surface area contributed by atoms with Gasteiger partial charge in [-0.25, -0.2) is 0 Å². The molecule has 0 saturated carbocycles. The van der Waals surface area contributed by atoms with E-state index in [-0.39, 0.29) is 18.5 Å². The van der Waals surface area contributed by atoms with Gasteiger partial charge in [0.2, 0.25) is 5.91 Å². The van der Waals surface area contributed by atoms with Crippen LogP contribution in [0.3, 0.4) is 0 Å². The number of carbonyl (C=O) groups is 2. The van der Waals surface area contributed by atoms with Crippen molar-refractivity contribution in [3.63, 3.8) is 0 Å². The highest BCUT2D eigenvalue weighted by molar-refractivity contribution is 5.88. The predicted octanol–water partition coefficient (Wildman–Crippen LogP) is 1.59. The Morgan fingerprint density at radius 2 is 1.76 bits per heavy atom. The average Bonchev–Trinajstić information content (AvgIpc) is 2.25. The third kappa shape index (κ3) is 5.55. The predicted molar refractivity (Wildman–Crippen MR) is 62.9 cm³/mol. The minimum absolute atomic E-state index is 0.117. The zero-order chi connectivity index (χ0) is 12.7. The van der Waals surface area contributed by atoms with Crippen LogP contribution in [-0.4, -0.2) is 25.1 Å². The van der Waals surface area contributed by atoms with E-state index in [1.807, 2.05) is 0 Å². The van der Waals surface area contributed by atoms with Crippen LogP contribution >= 0.6 is 0 Å². The Hall–Kier alpha value is -2.04. The number of hydrogen-bond donors (Lipinski definition) is 1. The fourth-order valence-corrected chi connectivity index (χ4v) is 1.18. The molecule has 1 N–H and O–H groups in total. The van der Waals surface area contributed by atoms with Gasteiger partial charge in [0.1, 0.15) is 19.0 Å². The van der Waals surface area contributed by atoms with Gasteiger partial charge in [0.05, 0.1) is 0 Å². The summed E-state index contributed by atoms with van der Waals surface area (Å²) in [7, 11) is 0. The standard InChI is InChI=1S/C12H15NO4/c1-9(14)13-11-3-5-12(6-4-11)17-8-7-16-10(2)15/h3-6H,7-8H2,1-2H3,(H,13,14). The summed E-state index contributed by atoms with van der Waals surface area (Å²) in [6.45, 7) is 3.33. The lowest BCUT2D eigenvalue weighted by Gasteiger charge is -2.07. The molecule has 0 saturated heterocycles. The topological polar surface area (TPSA) is 64.6 Å². The van der Waals surface area contributed by atoms with Gasteiger partial charge in [0.15, 0.2) is 0 Å². The van der Waals surface area contributed by atoms with E-state index in [0.717, 1.165) is 0 Å². The number of esters is 1. The number of rotatable bonds is 5. The second-order valence-electron chi connectivity index (χ2n) is 3.39. The van der Waals surface area contributed by atoms with E-state index in [0.29, 0.717) is 18.0 Å². The Balaban J connectivity index is 2.35. The Bertz CT molecular complexity index is 386. The lowest BCUT2D eigenvalue weighted by atomic mass is 10.3. The van der Waals surface area contributed by atoms with Crippen molar-refractivity contribution in [3.8, 4) is 5.75 Å². The van der Waals surface area contributed by atoms with Gasteiger partial charge < -0.3 is 14.8 Å². The number of hydrogen-bond acceptors (Lipinski definition) is 4. The third-order valence-electron chi connectivity index (χ3n) is 1.83. The average molecular weight is 237 g/mol. The van der Waals surface area contributed by atoms with Crippen LogP contribution in [0, 0.1) is 0 Å². The molecule has 0 radical (unpaired) electrons. The molecule has 0 fully saturated rings. The Morgan fingerprint density at radius 1 is 1.12 bits per heavy atom. The number of amides is 1. The first-order chi connectivity index (χ1) is 8.08. The number of ether oxygens (including phenoxy) is 2. The summed E-state index contributed by atoms with van der Waals surface area (Å²) in [5, 5.41) is 2.65. The lowest BCUT2D eigenvalue weighted by molar-refractivity contribution is -0.141. The molecule has 0 bridgehead atoms. The van der Waals surface area contributed by atoms with Crippen molar-refractivity contribution in [1.29, 1.82) is 0 Å². The third-order valence-corrected chi connectivity index (χ3v) is 1.83. The Kier molecular flexibility index (Phi) is 5.00. The van der Waals surface area contributed by atoms with E-state index in [1.54, 1.807) is 24.3 Å². The Morgan fingerprint density at radius 3 is 2.29 bits per heavy atom. The molecule has 0 spiro atoms. The summed E-state index contributed by atoms with van der Waals surface area (Å²) in [4.78, 5) is 21.3. The van der Waals surface area contributed by atoms with Gasteiger partial charge >= 0.3 is 5.97 Å². The van der Waals surface area contributed by atoms with Crippen LogP contribution in [0.25, 0.3) is 0 Å². The minimum atomic E-state index is -0.324. The highest BCUT2D eigenvalue weighted by atomic mass is 16.6. The molecule has 0 aromatic heterocycles. The van der Waals surface area contributed by atoms with Gasteiger partial charge in [-0.15, -0.1) is 0 Å². The fraction of sp³-hybridized carbons (Fsp3) is 0.333. The summed E-state index contributed by atoms with van der Waals surface area (Å²) >= 11 is 0. The summed E-state index contributed by atoms with van der Waals surface area (Å²) in [6.07, 6.45) is 0. The molecule has 1 amide bonds. The molecule has 0 atom stereocenters. The number of benzene rings is 1. The van der Waals surface area contributed by atoms with E-state index in [2.05, 4.69) is 5.32 Å². The second-order valence-corrected chi connectivity index (χ2v) is 3.39. The van der Waals surface area contributed by atoms with Crippen LogP contribution in [0.1, 0.15) is 13.8 Å². The highest BCUT2D eigenvalue weighted by Gasteiger charge is 1.98. The van der Waals surface area contributed by atoms with Crippen LogP contribution in [0.15, 0.2) is 24.3 Å². The number of anilines is 1. The summed E-state index contributed by atoms with van der Waals surface area (Å²) in [6, 6.07) is 6.95. The molecule has 1 aromatic rings. The van der Waals surface area contributed by atoms with Crippen molar-refractivity contribution in [3.05, 3.63) is 24.3 Å². The van der Waals surface area contributed by atoms with Crippen LogP contribution in [0.2, 0.25) is 0 Å². The first-order valence-corrected chi connectivity index (χ1v) is 5.22. The fourth-order valence-electron chi connectivity index (χ4n) is 1.18. The molecule has 5 heteroatoms. The Labute approximate surface area is 99.7 Å². The summed E-state index contributed by atoms with van der Waals surface area (Å²) < 4.78 is 10.0. The van der Waals surface area contributed by atoms with Crippen molar-refractivity contribution in [2.75, 3.05) is 18.5 Å². The highest BCUT2D eigenvalue weighted by Crippen LogP contribution is 2.15. The van der Waals surface area contributed by atoms with E-state index >= 15 is 0 Å². The van der Waals surface area contributed by atoms with Gasteiger partial charge in [-0.2, -0.15) is 0 Å². The maximum Gasteiger partial charge on any atom is 0.302 e. The van der Waals surface area contributed by atoms with Gasteiger partial charge in [0, 0.05) is 19.5 Å². The molecule has 1 aromatic carbocycles. The first-order valence-electron chi connectivity index (χ1n) is 5.22. The molecule has 17 heavy (non-hydrogen) atoms. The van der Waals surface area contributed by atoms with Crippen LogP contribution in [-0.2, 0) is 14.3 Å². The molecule has 0 heterocycles. The summed E-state index contributed by atoms with van der Waals surface area (Å²) in [5.74, 6) is 0.217. The quantitative estimate of drug-likeness (QED) is 0.624. The van der Waals surface area contributed by atoms with Crippen molar-refractivity contribution in [2.45, 2.75) is 13.8 Å². The van der Waals surface area contributed by atoms with Crippen molar-refractivity contribution in [1.82, 2.24) is 0 Å². The molecule has 0 aliphatic heterocycles. The van der Waals surface area contributed by atoms with E-state index in [1.165, 1.54) is 13.8 Å². The zero-order valence-electron chi connectivity index (χ0n) is 9.86. The smallest absolute Gasteiger partial charge is 0.302 e. The van der Waals surface area contributed by atoms with E-state index in [9.17, 15) is 9.59 Å². The molecule has 0 aliphatic rings. The van der Waals surface area contributed by atoms with E-state index < -0.39 is 0 Å². The zero-order valence-corrected chi connectivity index (χ0v) is 9.86. The van der Waals surface area contributed by atoms with Crippen molar-refractivity contribution < 1.29 is 19.1 Å². The molecule has 0 unspecified atom stereocenters. The van der Waals surface area contributed by atoms with Crippen LogP contribution in [0.5, 0.6) is 5.75 Å². The number of carbonyl (C=O) groups excluding carboxylic acids is 2. The van der Waals surface area contributed by atoms with Gasteiger partial charge in [-0.3, -0.25) is 9.59 Å². The maximum atomic E-state index is 10.8. The molecular weight excluding hydrogens is 222 g/mol. The lowest BCUT2D eigenvalue weighted by Crippen LogP contribution is -2.09. The van der Waals surface area contributed by atoms with Crippen molar-refractivity contribution in [2.24, 2.45) is 0 Å². The first kappa shape index (κ1) is 13.0. The van der Waals surface area contributed by atoms with Crippen molar-refractivity contribution >= 4 is 17.6 Å². The minimum Gasteiger partial charge on any atom is -0.490 e. The van der Waals surface area contributed by atoms with Crippen LogP contribution in [0.4, 0.5) is 5.69 Å². The molecule has 0 aliphatic carbocycles. The second kappa shape index (κ2) is 6.52. The molecular formula is C12H15NO4. The normalized spacial score (nSPS) is 9.53. The maximum absolute atomic E-state index is 10.8. The number of nitrogens with one attached hydrogen (secondary N) is 1. The van der Waals surface area contributed by atoms with E-state index in [4.69, 9.17) is 9.47 Å². The monoisotopic (exact) mass is 237 g/mol. The molecule has 5 nitrogen and oxygen atoms in total.